The molecule has 0 aromatic carbocycles. The van der Waals surface area contributed by atoms with E-state index >= 15 is 0 Å². The van der Waals surface area contributed by atoms with Gasteiger partial charge < -0.3 is 14.6 Å². The van der Waals surface area contributed by atoms with Crippen LogP contribution in [0.4, 0.5) is 0 Å². The maximum Gasteiger partial charge on any atom is 0.213 e. The highest BCUT2D eigenvalue weighted by atomic mass is 79.9. The largest absolute Gasteiger partial charge is 0.478 e. The molecule has 7 heteroatoms. The van der Waals surface area contributed by atoms with Crippen molar-refractivity contribution < 1.29 is 9.26 Å². The number of hydrogen-bond donors (Lipinski definition) is 1. The van der Waals surface area contributed by atoms with Gasteiger partial charge in [0.25, 0.3) is 0 Å². The minimum absolute atomic E-state index is 0.0989. The van der Waals surface area contributed by atoms with E-state index in [-0.39, 0.29) is 5.41 Å². The van der Waals surface area contributed by atoms with Gasteiger partial charge >= 0.3 is 0 Å². The molecule has 2 aromatic heterocycles. The number of aromatic nitrogens is 3. The van der Waals surface area contributed by atoms with E-state index in [1.165, 1.54) is 0 Å². The Hall–Kier alpha value is -1.47. The second-order valence-electron chi connectivity index (χ2n) is 6.66. The summed E-state index contributed by atoms with van der Waals surface area (Å²) in [6.07, 6.45) is 5.35. The Morgan fingerprint density at radius 2 is 2.29 bits per heavy atom. The molecule has 2 atom stereocenters. The van der Waals surface area contributed by atoms with E-state index < -0.39 is 0 Å². The lowest BCUT2D eigenvalue weighted by Gasteiger charge is -2.44. The summed E-state index contributed by atoms with van der Waals surface area (Å²) in [5, 5.41) is 11.1. The number of pyridine rings is 1. The van der Waals surface area contributed by atoms with Crippen molar-refractivity contribution in [2.24, 2.45) is 11.8 Å². The Balaban J connectivity index is 1.76. The second kappa shape index (κ2) is 7.61. The summed E-state index contributed by atoms with van der Waals surface area (Å²) >= 11 is 3.38. The van der Waals surface area contributed by atoms with Gasteiger partial charge in [0.1, 0.15) is 0 Å². The van der Waals surface area contributed by atoms with Gasteiger partial charge in [0, 0.05) is 27.4 Å². The Morgan fingerprint density at radius 1 is 1.42 bits per heavy atom. The first-order chi connectivity index (χ1) is 11.6. The van der Waals surface area contributed by atoms with Gasteiger partial charge in [-0.1, -0.05) is 13.8 Å². The molecule has 1 aliphatic heterocycles. The molecule has 0 spiro atoms. The van der Waals surface area contributed by atoms with E-state index in [4.69, 9.17) is 9.26 Å². The van der Waals surface area contributed by atoms with Crippen LogP contribution >= 0.6 is 15.9 Å². The SMILES string of the molecule is CC(C)C1CNCC[C@@]1(CCOc1ccc(Br)cn1)c1cnno1. The van der Waals surface area contributed by atoms with Crippen molar-refractivity contribution in [3.8, 4) is 5.88 Å². The van der Waals surface area contributed by atoms with Gasteiger partial charge in [-0.15, -0.1) is 5.10 Å². The fourth-order valence-corrected chi connectivity index (χ4v) is 3.97. The first kappa shape index (κ1) is 17.4. The third kappa shape index (κ3) is 3.62. The monoisotopic (exact) mass is 394 g/mol. The smallest absolute Gasteiger partial charge is 0.213 e. The standard InChI is InChI=1S/C17H23BrN4O2/c1-12(2)14-10-19-7-5-17(14,15-11-21-22-24-15)6-8-23-16-4-3-13(18)9-20-16/h3-4,9,11-12,14,19H,5-8,10H2,1-2H3/t14?,17-/m0/s1. The molecular formula is C17H23BrN4O2. The topological polar surface area (TPSA) is 73.1 Å². The first-order valence-corrected chi connectivity index (χ1v) is 9.14. The van der Waals surface area contributed by atoms with Gasteiger partial charge in [-0.05, 0) is 59.8 Å². The van der Waals surface area contributed by atoms with E-state index in [0.717, 1.165) is 36.2 Å². The molecule has 1 saturated heterocycles. The van der Waals surface area contributed by atoms with Gasteiger partial charge in [0.05, 0.1) is 12.8 Å². The molecular weight excluding hydrogens is 372 g/mol. The van der Waals surface area contributed by atoms with Crippen LogP contribution < -0.4 is 10.1 Å². The number of hydrogen-bond acceptors (Lipinski definition) is 6. The molecule has 0 aliphatic carbocycles. The fourth-order valence-electron chi connectivity index (χ4n) is 3.74. The van der Waals surface area contributed by atoms with E-state index in [9.17, 15) is 0 Å². The lowest BCUT2D eigenvalue weighted by atomic mass is 9.63. The lowest BCUT2D eigenvalue weighted by Crippen LogP contribution is -2.50. The predicted molar refractivity (Wildman–Crippen MR) is 93.8 cm³/mol. The van der Waals surface area contributed by atoms with E-state index in [2.05, 4.69) is 50.4 Å². The average molecular weight is 395 g/mol. The summed E-state index contributed by atoms with van der Waals surface area (Å²) < 4.78 is 12.3. The van der Waals surface area contributed by atoms with Crippen LogP contribution in [0.25, 0.3) is 0 Å². The number of nitrogens with zero attached hydrogens (tertiary/aromatic N) is 3. The number of piperidine rings is 1. The average Bonchev–Trinajstić information content (AvgIpc) is 3.12. The molecule has 3 rings (SSSR count). The normalized spacial score (nSPS) is 24.2. The number of rotatable bonds is 6. The van der Waals surface area contributed by atoms with Crippen molar-refractivity contribution in [2.45, 2.75) is 32.1 Å². The van der Waals surface area contributed by atoms with Crippen molar-refractivity contribution in [1.29, 1.82) is 0 Å². The summed E-state index contributed by atoms with van der Waals surface area (Å²) in [4.78, 5) is 4.27. The predicted octanol–water partition coefficient (Wildman–Crippen LogP) is 3.20. The minimum Gasteiger partial charge on any atom is -0.478 e. The number of nitrogens with one attached hydrogen (secondary N) is 1. The quantitative estimate of drug-likeness (QED) is 0.810. The van der Waals surface area contributed by atoms with Crippen LogP contribution in [-0.4, -0.2) is 35.1 Å². The summed E-state index contributed by atoms with van der Waals surface area (Å²) in [7, 11) is 0. The zero-order valence-electron chi connectivity index (χ0n) is 14.0. The molecule has 0 bridgehead atoms. The molecule has 6 nitrogen and oxygen atoms in total. The Kier molecular flexibility index (Phi) is 5.50. The Morgan fingerprint density at radius 3 is 2.96 bits per heavy atom. The summed E-state index contributed by atoms with van der Waals surface area (Å²) in [6.45, 7) is 7.02. The number of halogens is 1. The van der Waals surface area contributed by atoms with Crippen molar-refractivity contribution >= 4 is 15.9 Å². The summed E-state index contributed by atoms with van der Waals surface area (Å²) in [5.41, 5.74) is -0.0989. The molecule has 0 saturated carbocycles. The van der Waals surface area contributed by atoms with Gasteiger partial charge in [0.2, 0.25) is 5.88 Å². The van der Waals surface area contributed by atoms with Gasteiger partial charge in [-0.2, -0.15) is 0 Å². The van der Waals surface area contributed by atoms with E-state index in [1.54, 1.807) is 12.4 Å². The maximum atomic E-state index is 5.88. The third-order valence-electron chi connectivity index (χ3n) is 4.98. The Labute approximate surface area is 150 Å². The van der Waals surface area contributed by atoms with Gasteiger partial charge in [0.15, 0.2) is 5.76 Å². The molecule has 0 amide bonds. The molecule has 130 valence electrons. The van der Waals surface area contributed by atoms with Gasteiger partial charge in [-0.3, -0.25) is 0 Å². The lowest BCUT2D eigenvalue weighted by molar-refractivity contribution is 0.0895. The van der Waals surface area contributed by atoms with Crippen molar-refractivity contribution in [1.82, 2.24) is 20.7 Å². The third-order valence-corrected chi connectivity index (χ3v) is 5.45. The molecule has 3 heterocycles. The molecule has 1 aliphatic rings. The maximum absolute atomic E-state index is 5.88. The molecule has 0 radical (unpaired) electrons. The molecule has 1 unspecified atom stereocenters. The summed E-state index contributed by atoms with van der Waals surface area (Å²) in [6, 6.07) is 3.80. The van der Waals surface area contributed by atoms with Crippen LogP contribution in [0.15, 0.2) is 33.5 Å². The van der Waals surface area contributed by atoms with E-state index in [0.29, 0.717) is 24.3 Å². The highest BCUT2D eigenvalue weighted by Crippen LogP contribution is 2.43. The molecule has 24 heavy (non-hydrogen) atoms. The fraction of sp³-hybridized carbons (Fsp3) is 0.588. The van der Waals surface area contributed by atoms with Crippen LogP contribution in [0.2, 0.25) is 0 Å². The first-order valence-electron chi connectivity index (χ1n) is 8.35. The van der Waals surface area contributed by atoms with Gasteiger partial charge in [-0.25, -0.2) is 4.98 Å². The Bertz CT molecular complexity index is 633. The zero-order valence-corrected chi connectivity index (χ0v) is 15.6. The van der Waals surface area contributed by atoms with Crippen molar-refractivity contribution in [3.63, 3.8) is 0 Å². The van der Waals surface area contributed by atoms with Crippen molar-refractivity contribution in [2.75, 3.05) is 19.7 Å². The van der Waals surface area contributed by atoms with Crippen LogP contribution in [0, 0.1) is 11.8 Å². The van der Waals surface area contributed by atoms with Crippen molar-refractivity contribution in [3.05, 3.63) is 34.8 Å². The van der Waals surface area contributed by atoms with Crippen LogP contribution in [0.5, 0.6) is 5.88 Å². The summed E-state index contributed by atoms with van der Waals surface area (Å²) in [5.74, 6) is 2.48. The molecule has 1 N–H and O–H groups in total. The van der Waals surface area contributed by atoms with E-state index in [1.807, 2.05) is 12.1 Å². The highest BCUT2D eigenvalue weighted by molar-refractivity contribution is 9.10. The zero-order chi connectivity index (χ0) is 17.0. The molecule has 1 fully saturated rings. The highest BCUT2D eigenvalue weighted by Gasteiger charge is 2.46. The van der Waals surface area contributed by atoms with Crippen LogP contribution in [-0.2, 0) is 5.41 Å². The van der Waals surface area contributed by atoms with Crippen LogP contribution in [0.3, 0.4) is 0 Å². The number of ether oxygens (including phenoxy) is 1. The minimum atomic E-state index is -0.0989. The second-order valence-corrected chi connectivity index (χ2v) is 7.57. The van der Waals surface area contributed by atoms with Crippen LogP contribution in [0.1, 0.15) is 32.4 Å². The molecule has 2 aromatic rings.